The zero-order valence-electron chi connectivity index (χ0n) is 10.6. The summed E-state index contributed by atoms with van der Waals surface area (Å²) in [5.41, 5.74) is 0. The first-order valence-electron chi connectivity index (χ1n) is 6.79. The van der Waals surface area contributed by atoms with E-state index in [2.05, 4.69) is 24.5 Å². The van der Waals surface area contributed by atoms with Crippen LogP contribution in [0.15, 0.2) is 0 Å². The number of aliphatic hydroxyl groups is 1. The van der Waals surface area contributed by atoms with Gasteiger partial charge in [-0.2, -0.15) is 0 Å². The van der Waals surface area contributed by atoms with Crippen molar-refractivity contribution in [2.24, 2.45) is 17.8 Å². The molecule has 0 bridgehead atoms. The fourth-order valence-corrected chi connectivity index (χ4v) is 2.98. The fourth-order valence-electron chi connectivity index (χ4n) is 2.98. The normalized spacial score (nSPS) is 44.8. The summed E-state index contributed by atoms with van der Waals surface area (Å²) in [6, 6.07) is 0.680. The second-order valence-electron chi connectivity index (χ2n) is 5.86. The molecule has 0 aromatic heterocycles. The summed E-state index contributed by atoms with van der Waals surface area (Å²) in [5, 5.41) is 16.6. The van der Waals surface area contributed by atoms with Crippen LogP contribution in [0.3, 0.4) is 0 Å². The molecule has 0 aromatic carbocycles. The van der Waals surface area contributed by atoms with Gasteiger partial charge in [0.05, 0.1) is 6.10 Å². The maximum absolute atomic E-state index is 9.71. The summed E-state index contributed by atoms with van der Waals surface area (Å²) in [4.78, 5) is 0. The third-order valence-corrected chi connectivity index (χ3v) is 4.57. The van der Waals surface area contributed by atoms with Gasteiger partial charge in [-0.05, 0) is 31.1 Å². The Morgan fingerprint density at radius 3 is 2.62 bits per heavy atom. The van der Waals surface area contributed by atoms with Crippen molar-refractivity contribution in [1.82, 2.24) is 10.6 Å². The molecule has 5 atom stereocenters. The van der Waals surface area contributed by atoms with Gasteiger partial charge in [-0.3, -0.25) is 0 Å². The van der Waals surface area contributed by atoms with Gasteiger partial charge in [-0.15, -0.1) is 0 Å². The summed E-state index contributed by atoms with van der Waals surface area (Å²) in [6.45, 7) is 7.44. The summed E-state index contributed by atoms with van der Waals surface area (Å²) >= 11 is 0. The lowest BCUT2D eigenvalue weighted by Gasteiger charge is -2.33. The average Bonchev–Trinajstić information content (AvgIpc) is 2.66. The predicted molar refractivity (Wildman–Crippen MR) is 66.3 cm³/mol. The highest BCUT2D eigenvalue weighted by Crippen LogP contribution is 2.29. The van der Waals surface area contributed by atoms with Crippen molar-refractivity contribution in [1.29, 1.82) is 0 Å². The molecule has 2 aliphatic rings. The van der Waals surface area contributed by atoms with E-state index >= 15 is 0 Å². The van der Waals surface area contributed by atoms with Crippen LogP contribution in [-0.2, 0) is 0 Å². The Labute approximate surface area is 99.0 Å². The molecule has 0 amide bonds. The molecule has 0 radical (unpaired) electrons. The Balaban J connectivity index is 1.70. The minimum Gasteiger partial charge on any atom is -0.391 e. The van der Waals surface area contributed by atoms with Crippen molar-refractivity contribution in [3.63, 3.8) is 0 Å². The molecule has 0 aromatic rings. The molecule has 0 spiro atoms. The molecule has 1 aliphatic heterocycles. The van der Waals surface area contributed by atoms with E-state index in [9.17, 15) is 5.11 Å². The molecule has 2 fully saturated rings. The number of hydrogen-bond donors (Lipinski definition) is 3. The average molecular weight is 226 g/mol. The smallest absolute Gasteiger partial charge is 0.0716 e. The van der Waals surface area contributed by atoms with Gasteiger partial charge in [0.1, 0.15) is 0 Å². The second-order valence-corrected chi connectivity index (χ2v) is 5.86. The quantitative estimate of drug-likeness (QED) is 0.672. The minimum atomic E-state index is -0.146. The molecule has 3 N–H and O–H groups in total. The van der Waals surface area contributed by atoms with Crippen LogP contribution in [0.2, 0.25) is 0 Å². The number of rotatable bonds is 3. The van der Waals surface area contributed by atoms with Gasteiger partial charge in [0.2, 0.25) is 0 Å². The van der Waals surface area contributed by atoms with Crippen LogP contribution in [-0.4, -0.2) is 36.9 Å². The zero-order valence-corrected chi connectivity index (χ0v) is 10.6. The van der Waals surface area contributed by atoms with E-state index in [0.29, 0.717) is 12.0 Å². The van der Waals surface area contributed by atoms with Gasteiger partial charge >= 0.3 is 0 Å². The molecule has 3 nitrogen and oxygen atoms in total. The Morgan fingerprint density at radius 2 is 2.00 bits per heavy atom. The first-order chi connectivity index (χ1) is 7.66. The number of β-amino-alcohol motifs (C(OH)–C–C–N with tert-alkyl or cyclic N) is 1. The fraction of sp³-hybridized carbons (Fsp3) is 1.00. The van der Waals surface area contributed by atoms with Crippen molar-refractivity contribution in [2.75, 3.05) is 19.6 Å². The maximum Gasteiger partial charge on any atom is 0.0716 e. The molecule has 3 heteroatoms. The highest BCUT2D eigenvalue weighted by Gasteiger charge is 2.28. The van der Waals surface area contributed by atoms with Crippen LogP contribution in [0, 0.1) is 17.8 Å². The molecule has 1 saturated heterocycles. The molecule has 16 heavy (non-hydrogen) atoms. The van der Waals surface area contributed by atoms with Crippen LogP contribution in [0.1, 0.15) is 33.1 Å². The molecule has 1 aliphatic carbocycles. The van der Waals surface area contributed by atoms with E-state index < -0.39 is 0 Å². The van der Waals surface area contributed by atoms with Gasteiger partial charge < -0.3 is 15.7 Å². The monoisotopic (exact) mass is 226 g/mol. The lowest BCUT2D eigenvalue weighted by Crippen LogP contribution is -2.40. The van der Waals surface area contributed by atoms with E-state index in [4.69, 9.17) is 0 Å². The summed E-state index contributed by atoms with van der Waals surface area (Å²) in [7, 11) is 0. The van der Waals surface area contributed by atoms with Crippen LogP contribution in [0.4, 0.5) is 0 Å². The van der Waals surface area contributed by atoms with Crippen molar-refractivity contribution in [3.05, 3.63) is 0 Å². The highest BCUT2D eigenvalue weighted by molar-refractivity contribution is 4.85. The van der Waals surface area contributed by atoms with Gasteiger partial charge in [0.15, 0.2) is 0 Å². The Bertz CT molecular complexity index is 222. The SMILES string of the molecule is CC1CCC(NCC2CNCC2O)CC1C. The van der Waals surface area contributed by atoms with E-state index in [1.54, 1.807) is 0 Å². The van der Waals surface area contributed by atoms with E-state index in [0.717, 1.165) is 31.5 Å². The molecule has 1 saturated carbocycles. The molecule has 1 heterocycles. The van der Waals surface area contributed by atoms with Crippen LogP contribution >= 0.6 is 0 Å². The molecular formula is C13H26N2O. The molecule has 94 valence electrons. The van der Waals surface area contributed by atoms with E-state index in [1.165, 1.54) is 19.3 Å². The lowest BCUT2D eigenvalue weighted by atomic mass is 9.79. The van der Waals surface area contributed by atoms with E-state index in [1.807, 2.05) is 0 Å². The predicted octanol–water partition coefficient (Wildman–Crippen LogP) is 0.981. The largest absolute Gasteiger partial charge is 0.391 e. The Morgan fingerprint density at radius 1 is 1.19 bits per heavy atom. The lowest BCUT2D eigenvalue weighted by molar-refractivity contribution is 0.139. The number of nitrogens with one attached hydrogen (secondary N) is 2. The summed E-state index contributed by atoms with van der Waals surface area (Å²) in [6.07, 6.45) is 3.82. The topological polar surface area (TPSA) is 44.3 Å². The summed E-state index contributed by atoms with van der Waals surface area (Å²) < 4.78 is 0. The Kier molecular flexibility index (Phi) is 4.22. The third kappa shape index (κ3) is 2.96. The van der Waals surface area contributed by atoms with Crippen LogP contribution in [0.25, 0.3) is 0 Å². The second kappa shape index (κ2) is 5.48. The maximum atomic E-state index is 9.71. The highest BCUT2D eigenvalue weighted by atomic mass is 16.3. The van der Waals surface area contributed by atoms with Crippen molar-refractivity contribution in [3.8, 4) is 0 Å². The van der Waals surface area contributed by atoms with Gasteiger partial charge in [-0.1, -0.05) is 13.8 Å². The van der Waals surface area contributed by atoms with E-state index in [-0.39, 0.29) is 6.10 Å². The van der Waals surface area contributed by atoms with Gasteiger partial charge in [0.25, 0.3) is 0 Å². The molecule has 5 unspecified atom stereocenters. The van der Waals surface area contributed by atoms with Gasteiger partial charge in [0, 0.05) is 31.6 Å². The zero-order chi connectivity index (χ0) is 11.5. The van der Waals surface area contributed by atoms with Gasteiger partial charge in [-0.25, -0.2) is 0 Å². The minimum absolute atomic E-state index is 0.146. The molecular weight excluding hydrogens is 200 g/mol. The van der Waals surface area contributed by atoms with Crippen molar-refractivity contribution >= 4 is 0 Å². The van der Waals surface area contributed by atoms with Crippen LogP contribution < -0.4 is 10.6 Å². The number of aliphatic hydroxyl groups excluding tert-OH is 1. The third-order valence-electron chi connectivity index (χ3n) is 4.57. The first-order valence-corrected chi connectivity index (χ1v) is 6.79. The van der Waals surface area contributed by atoms with Crippen molar-refractivity contribution < 1.29 is 5.11 Å². The summed E-state index contributed by atoms with van der Waals surface area (Å²) in [5.74, 6) is 2.14. The number of hydrogen-bond acceptors (Lipinski definition) is 3. The first kappa shape index (κ1) is 12.3. The molecule has 2 rings (SSSR count). The van der Waals surface area contributed by atoms with Crippen LogP contribution in [0.5, 0.6) is 0 Å². The Hall–Kier alpha value is -0.120. The standard InChI is InChI=1S/C13H26N2O/c1-9-3-4-12(5-10(9)2)15-7-11-6-14-8-13(11)16/h9-16H,3-8H2,1-2H3. The van der Waals surface area contributed by atoms with Crippen molar-refractivity contribution in [2.45, 2.75) is 45.3 Å².